The zero-order valence-corrected chi connectivity index (χ0v) is 10.6. The molecule has 0 aliphatic carbocycles. The summed E-state index contributed by atoms with van der Waals surface area (Å²) in [6, 6.07) is 4.74. The molecule has 0 aliphatic rings. The first-order valence-corrected chi connectivity index (χ1v) is 5.72. The minimum absolute atomic E-state index is 0.112. The minimum atomic E-state index is -1.03. The van der Waals surface area contributed by atoms with Crippen LogP contribution in [-0.2, 0) is 4.74 Å². The number of methoxy groups -OCH3 is 2. The number of ether oxygens (including phenoxy) is 3. The molecule has 0 atom stereocenters. The Kier molecular flexibility index (Phi) is 6.00. The van der Waals surface area contributed by atoms with Gasteiger partial charge in [-0.25, -0.2) is 4.79 Å². The van der Waals surface area contributed by atoms with Gasteiger partial charge in [-0.15, -0.1) is 0 Å². The van der Waals surface area contributed by atoms with Gasteiger partial charge in [0.25, 0.3) is 0 Å². The number of hydrogen-bond donors (Lipinski definition) is 1. The first-order valence-electron chi connectivity index (χ1n) is 5.72. The van der Waals surface area contributed by atoms with Crippen LogP contribution in [0.5, 0.6) is 11.5 Å². The highest BCUT2D eigenvalue weighted by atomic mass is 16.5. The molecule has 5 heteroatoms. The molecule has 0 aromatic heterocycles. The Bertz CT molecular complexity index is 389. The molecule has 1 aromatic rings. The van der Waals surface area contributed by atoms with Crippen molar-refractivity contribution in [2.45, 2.75) is 12.8 Å². The molecule has 1 N–H and O–H groups in total. The molecule has 0 spiro atoms. The number of aromatic carboxylic acids is 1. The van der Waals surface area contributed by atoms with Gasteiger partial charge in [-0.05, 0) is 31.0 Å². The molecule has 0 amide bonds. The van der Waals surface area contributed by atoms with Gasteiger partial charge in [0.05, 0.1) is 13.7 Å². The van der Waals surface area contributed by atoms with Crippen molar-refractivity contribution in [1.29, 1.82) is 0 Å². The number of carboxylic acid groups (broad SMARTS) is 1. The summed E-state index contributed by atoms with van der Waals surface area (Å²) < 4.78 is 15.4. The van der Waals surface area contributed by atoms with Gasteiger partial charge in [0.15, 0.2) is 0 Å². The van der Waals surface area contributed by atoms with Crippen LogP contribution in [0.4, 0.5) is 0 Å². The lowest BCUT2D eigenvalue weighted by atomic mass is 10.2. The number of unbranched alkanes of at least 4 members (excludes halogenated alkanes) is 1. The van der Waals surface area contributed by atoms with Crippen LogP contribution in [0.15, 0.2) is 18.2 Å². The molecule has 0 fully saturated rings. The maximum Gasteiger partial charge on any atom is 0.339 e. The van der Waals surface area contributed by atoms with E-state index in [1.54, 1.807) is 19.2 Å². The predicted octanol–water partition coefficient (Wildman–Crippen LogP) is 2.20. The van der Waals surface area contributed by atoms with Crippen molar-refractivity contribution in [1.82, 2.24) is 0 Å². The van der Waals surface area contributed by atoms with Gasteiger partial charge < -0.3 is 19.3 Å². The lowest BCUT2D eigenvalue weighted by molar-refractivity contribution is 0.0691. The van der Waals surface area contributed by atoms with Gasteiger partial charge >= 0.3 is 5.97 Å². The highest BCUT2D eigenvalue weighted by Gasteiger charge is 2.12. The van der Waals surface area contributed by atoms with E-state index in [1.165, 1.54) is 13.2 Å². The average molecular weight is 254 g/mol. The second-order valence-corrected chi connectivity index (χ2v) is 3.72. The highest BCUT2D eigenvalue weighted by molar-refractivity contribution is 5.91. The SMILES string of the molecule is COCCCCOc1ccc(OC)cc1C(=O)O. The zero-order chi connectivity index (χ0) is 13.4. The average Bonchev–Trinajstić information content (AvgIpc) is 2.38. The fraction of sp³-hybridized carbons (Fsp3) is 0.462. The molecular weight excluding hydrogens is 236 g/mol. The number of rotatable bonds is 8. The lowest BCUT2D eigenvalue weighted by Gasteiger charge is -2.10. The Morgan fingerprint density at radius 1 is 1.22 bits per heavy atom. The van der Waals surface area contributed by atoms with E-state index >= 15 is 0 Å². The van der Waals surface area contributed by atoms with Crippen LogP contribution in [0.1, 0.15) is 23.2 Å². The van der Waals surface area contributed by atoms with Crippen LogP contribution in [-0.4, -0.2) is 38.5 Å². The van der Waals surface area contributed by atoms with E-state index in [1.807, 2.05) is 0 Å². The van der Waals surface area contributed by atoms with Crippen LogP contribution < -0.4 is 9.47 Å². The van der Waals surface area contributed by atoms with Gasteiger partial charge in [0.2, 0.25) is 0 Å². The zero-order valence-electron chi connectivity index (χ0n) is 10.6. The fourth-order valence-corrected chi connectivity index (χ4v) is 1.46. The highest BCUT2D eigenvalue weighted by Crippen LogP contribution is 2.24. The summed E-state index contributed by atoms with van der Waals surface area (Å²) >= 11 is 0. The lowest BCUT2D eigenvalue weighted by Crippen LogP contribution is -2.05. The van der Waals surface area contributed by atoms with Gasteiger partial charge in [-0.3, -0.25) is 0 Å². The maximum absolute atomic E-state index is 11.1. The van der Waals surface area contributed by atoms with E-state index in [9.17, 15) is 4.79 Å². The molecular formula is C13H18O5. The van der Waals surface area contributed by atoms with Gasteiger partial charge in [-0.1, -0.05) is 0 Å². The maximum atomic E-state index is 11.1. The molecule has 0 aliphatic heterocycles. The molecule has 0 unspecified atom stereocenters. The monoisotopic (exact) mass is 254 g/mol. The minimum Gasteiger partial charge on any atom is -0.497 e. The van der Waals surface area contributed by atoms with Crippen molar-refractivity contribution in [3.8, 4) is 11.5 Å². The molecule has 100 valence electrons. The van der Waals surface area contributed by atoms with Crippen LogP contribution in [0.3, 0.4) is 0 Å². The summed E-state index contributed by atoms with van der Waals surface area (Å²) in [5.74, 6) is -0.166. The van der Waals surface area contributed by atoms with E-state index in [-0.39, 0.29) is 5.56 Å². The van der Waals surface area contributed by atoms with Crippen molar-refractivity contribution < 1.29 is 24.1 Å². The van der Waals surface area contributed by atoms with Gasteiger partial charge in [0, 0.05) is 13.7 Å². The Hall–Kier alpha value is -1.75. The second kappa shape index (κ2) is 7.55. The summed E-state index contributed by atoms with van der Waals surface area (Å²) in [6.07, 6.45) is 1.70. The Labute approximate surface area is 106 Å². The molecule has 18 heavy (non-hydrogen) atoms. The van der Waals surface area contributed by atoms with E-state index in [4.69, 9.17) is 19.3 Å². The van der Waals surface area contributed by atoms with E-state index in [2.05, 4.69) is 0 Å². The molecule has 0 saturated heterocycles. The third-order valence-corrected chi connectivity index (χ3v) is 2.42. The summed E-state index contributed by atoms with van der Waals surface area (Å²) in [7, 11) is 3.14. The van der Waals surface area contributed by atoms with Crippen LogP contribution in [0.25, 0.3) is 0 Å². The van der Waals surface area contributed by atoms with E-state index in [0.717, 1.165) is 12.8 Å². The van der Waals surface area contributed by atoms with Crippen LogP contribution in [0, 0.1) is 0 Å². The summed E-state index contributed by atoms with van der Waals surface area (Å²) in [4.78, 5) is 11.1. The Morgan fingerprint density at radius 2 is 1.94 bits per heavy atom. The molecule has 0 bridgehead atoms. The first-order chi connectivity index (χ1) is 8.69. The van der Waals surface area contributed by atoms with Crippen LogP contribution in [0.2, 0.25) is 0 Å². The quantitative estimate of drug-likeness (QED) is 0.720. The largest absolute Gasteiger partial charge is 0.497 e. The number of carbonyl (C=O) groups is 1. The molecule has 1 rings (SSSR count). The summed E-state index contributed by atoms with van der Waals surface area (Å²) in [5.41, 5.74) is 0.112. The third kappa shape index (κ3) is 4.25. The number of carboxylic acids is 1. The normalized spacial score (nSPS) is 10.1. The predicted molar refractivity (Wildman–Crippen MR) is 66.6 cm³/mol. The molecule has 1 aromatic carbocycles. The number of benzene rings is 1. The molecule has 0 saturated carbocycles. The molecule has 5 nitrogen and oxygen atoms in total. The fourth-order valence-electron chi connectivity index (χ4n) is 1.46. The van der Waals surface area contributed by atoms with Crippen molar-refractivity contribution >= 4 is 5.97 Å². The topological polar surface area (TPSA) is 65.0 Å². The standard InChI is InChI=1S/C13H18O5/c1-16-7-3-4-8-18-12-6-5-10(17-2)9-11(12)13(14)15/h5-6,9H,3-4,7-8H2,1-2H3,(H,14,15). The van der Waals surface area contributed by atoms with Crippen molar-refractivity contribution in [2.75, 3.05) is 27.4 Å². The Morgan fingerprint density at radius 3 is 2.56 bits per heavy atom. The first kappa shape index (κ1) is 14.3. The summed E-state index contributed by atoms with van der Waals surface area (Å²) in [5, 5.41) is 9.07. The Balaban J connectivity index is 2.61. The smallest absolute Gasteiger partial charge is 0.339 e. The second-order valence-electron chi connectivity index (χ2n) is 3.72. The van der Waals surface area contributed by atoms with Crippen molar-refractivity contribution in [3.63, 3.8) is 0 Å². The third-order valence-electron chi connectivity index (χ3n) is 2.42. The van der Waals surface area contributed by atoms with Crippen molar-refractivity contribution in [3.05, 3.63) is 23.8 Å². The molecule has 0 radical (unpaired) electrons. The van der Waals surface area contributed by atoms with E-state index < -0.39 is 5.97 Å². The van der Waals surface area contributed by atoms with Gasteiger partial charge in [0.1, 0.15) is 17.1 Å². The number of hydrogen-bond acceptors (Lipinski definition) is 4. The summed E-state index contributed by atoms with van der Waals surface area (Å²) in [6.45, 7) is 1.15. The van der Waals surface area contributed by atoms with Crippen molar-refractivity contribution in [2.24, 2.45) is 0 Å². The molecule has 0 heterocycles. The van der Waals surface area contributed by atoms with E-state index in [0.29, 0.717) is 24.7 Å². The van der Waals surface area contributed by atoms with Crippen LogP contribution >= 0.6 is 0 Å². The van der Waals surface area contributed by atoms with Gasteiger partial charge in [-0.2, -0.15) is 0 Å².